The molecule has 8 heteroatoms. The third-order valence-electron chi connectivity index (χ3n) is 4.62. The van der Waals surface area contributed by atoms with Crippen molar-refractivity contribution in [2.45, 2.75) is 13.0 Å². The van der Waals surface area contributed by atoms with Gasteiger partial charge < -0.3 is 15.5 Å². The van der Waals surface area contributed by atoms with E-state index in [9.17, 15) is 9.59 Å². The molecule has 2 saturated heterocycles. The lowest BCUT2D eigenvalue weighted by molar-refractivity contribution is -0.132. The number of nitrogens with zero attached hydrogens (tertiary/aromatic N) is 1. The Morgan fingerprint density at radius 1 is 1.25 bits per heavy atom. The molecule has 24 heavy (non-hydrogen) atoms. The maximum atomic E-state index is 12.5. The van der Waals surface area contributed by atoms with Gasteiger partial charge >= 0.3 is 0 Å². The molecule has 132 valence electrons. The van der Waals surface area contributed by atoms with Crippen LogP contribution in [0.5, 0.6) is 0 Å². The molecule has 1 unspecified atom stereocenters. The highest BCUT2D eigenvalue weighted by Crippen LogP contribution is 2.27. The smallest absolute Gasteiger partial charge is 0.253 e. The zero-order chi connectivity index (χ0) is 16.6. The number of fused-ring (bicyclic) bond motifs is 1. The van der Waals surface area contributed by atoms with Crippen LogP contribution in [-0.4, -0.2) is 48.9 Å². The van der Waals surface area contributed by atoms with Crippen molar-refractivity contribution in [2.24, 2.45) is 11.8 Å². The summed E-state index contributed by atoms with van der Waals surface area (Å²) in [4.78, 5) is 26.7. The summed E-state index contributed by atoms with van der Waals surface area (Å²) in [7, 11) is 0. The van der Waals surface area contributed by atoms with Crippen LogP contribution in [0.25, 0.3) is 0 Å². The van der Waals surface area contributed by atoms with Crippen molar-refractivity contribution >= 4 is 47.4 Å². The van der Waals surface area contributed by atoms with E-state index in [-0.39, 0.29) is 34.8 Å². The Labute approximate surface area is 157 Å². The van der Waals surface area contributed by atoms with Crippen LogP contribution < -0.4 is 10.6 Å². The molecule has 2 aliphatic heterocycles. The first-order valence-electron chi connectivity index (χ1n) is 7.71. The van der Waals surface area contributed by atoms with E-state index in [1.165, 1.54) is 0 Å². The lowest BCUT2D eigenvalue weighted by Gasteiger charge is -2.22. The van der Waals surface area contributed by atoms with Crippen LogP contribution in [0.4, 0.5) is 0 Å². The third-order valence-corrected chi connectivity index (χ3v) is 5.43. The number of hydrogen-bond acceptors (Lipinski definition) is 3. The summed E-state index contributed by atoms with van der Waals surface area (Å²) < 4.78 is 0. The average Bonchev–Trinajstić information content (AvgIpc) is 3.10. The molecule has 0 spiro atoms. The fraction of sp³-hybridized carbons (Fsp3) is 0.500. The van der Waals surface area contributed by atoms with Crippen molar-refractivity contribution in [1.29, 1.82) is 0 Å². The van der Waals surface area contributed by atoms with Crippen molar-refractivity contribution in [1.82, 2.24) is 15.5 Å². The third kappa shape index (κ3) is 3.80. The molecule has 5 nitrogen and oxygen atoms in total. The minimum atomic E-state index is -0.593. The van der Waals surface area contributed by atoms with Gasteiger partial charge in [-0.1, -0.05) is 29.3 Å². The predicted molar refractivity (Wildman–Crippen MR) is 97.1 cm³/mol. The first-order chi connectivity index (χ1) is 11.0. The molecule has 2 amide bonds. The van der Waals surface area contributed by atoms with E-state index in [4.69, 9.17) is 23.2 Å². The standard InChI is InChI=1S/C16H19Cl2N3O2.ClH/c1-9(16(23)21-7-10-5-19-6-11(10)8-21)20-15(22)12-3-2-4-13(17)14(12)18;/h2-4,9-11,19H,5-8H2,1H3,(H,20,22);1H/t9?,10-,11+;. The second-order valence-electron chi connectivity index (χ2n) is 6.22. The lowest BCUT2D eigenvalue weighted by Crippen LogP contribution is -2.46. The Hall–Kier alpha value is -1.01. The van der Waals surface area contributed by atoms with Crippen LogP contribution in [0.1, 0.15) is 17.3 Å². The molecule has 2 aliphatic rings. The monoisotopic (exact) mass is 391 g/mol. The first-order valence-corrected chi connectivity index (χ1v) is 8.47. The molecule has 2 fully saturated rings. The molecule has 3 rings (SSSR count). The van der Waals surface area contributed by atoms with Crippen molar-refractivity contribution in [3.63, 3.8) is 0 Å². The number of likely N-dealkylation sites (tertiary alicyclic amines) is 1. The lowest BCUT2D eigenvalue weighted by atomic mass is 10.0. The molecule has 1 aromatic carbocycles. The molecule has 1 aromatic rings. The SMILES string of the molecule is CC(NC(=O)c1cccc(Cl)c1Cl)C(=O)N1C[C@H]2CNC[C@H]2C1.Cl. The molecular weight excluding hydrogens is 373 g/mol. The second-order valence-corrected chi connectivity index (χ2v) is 7.00. The summed E-state index contributed by atoms with van der Waals surface area (Å²) in [5, 5.41) is 6.58. The van der Waals surface area contributed by atoms with E-state index < -0.39 is 6.04 Å². The molecule has 2 heterocycles. The van der Waals surface area contributed by atoms with Gasteiger partial charge in [0.25, 0.3) is 5.91 Å². The Morgan fingerprint density at radius 2 is 1.88 bits per heavy atom. The van der Waals surface area contributed by atoms with Crippen LogP contribution in [0.15, 0.2) is 18.2 Å². The van der Waals surface area contributed by atoms with E-state index in [0.717, 1.165) is 26.2 Å². The van der Waals surface area contributed by atoms with Crippen LogP contribution in [-0.2, 0) is 4.79 Å². The number of rotatable bonds is 3. The van der Waals surface area contributed by atoms with Gasteiger partial charge in [-0.05, 0) is 30.9 Å². The number of amides is 2. The molecule has 0 aliphatic carbocycles. The number of benzene rings is 1. The zero-order valence-corrected chi connectivity index (χ0v) is 15.5. The number of carbonyl (C=O) groups is 2. The molecule has 0 saturated carbocycles. The summed E-state index contributed by atoms with van der Waals surface area (Å²) in [6, 6.07) is 4.27. The van der Waals surface area contributed by atoms with Gasteiger partial charge in [0.05, 0.1) is 15.6 Å². The minimum absolute atomic E-state index is 0. The van der Waals surface area contributed by atoms with Crippen molar-refractivity contribution < 1.29 is 9.59 Å². The van der Waals surface area contributed by atoms with E-state index >= 15 is 0 Å². The van der Waals surface area contributed by atoms with Gasteiger partial charge in [-0.2, -0.15) is 0 Å². The minimum Gasteiger partial charge on any atom is -0.340 e. The highest BCUT2D eigenvalue weighted by Gasteiger charge is 2.39. The van der Waals surface area contributed by atoms with E-state index in [0.29, 0.717) is 16.9 Å². The van der Waals surface area contributed by atoms with Crippen LogP contribution in [0.3, 0.4) is 0 Å². The Bertz CT molecular complexity index is 629. The maximum Gasteiger partial charge on any atom is 0.253 e. The summed E-state index contributed by atoms with van der Waals surface area (Å²) in [5.41, 5.74) is 0.279. The number of halogens is 3. The van der Waals surface area contributed by atoms with Gasteiger partial charge in [-0.15, -0.1) is 12.4 Å². The van der Waals surface area contributed by atoms with E-state index in [1.807, 2.05) is 4.90 Å². The van der Waals surface area contributed by atoms with Crippen molar-refractivity contribution in [3.05, 3.63) is 33.8 Å². The zero-order valence-electron chi connectivity index (χ0n) is 13.2. The first kappa shape index (κ1) is 19.3. The van der Waals surface area contributed by atoms with E-state index in [2.05, 4.69) is 10.6 Å². The molecule has 3 atom stereocenters. The Kier molecular flexibility index (Phi) is 6.37. The van der Waals surface area contributed by atoms with Crippen molar-refractivity contribution in [3.8, 4) is 0 Å². The van der Waals surface area contributed by atoms with E-state index in [1.54, 1.807) is 25.1 Å². The topological polar surface area (TPSA) is 61.4 Å². The predicted octanol–water partition coefficient (Wildman–Crippen LogP) is 2.21. The molecule has 0 radical (unpaired) electrons. The highest BCUT2D eigenvalue weighted by molar-refractivity contribution is 6.43. The van der Waals surface area contributed by atoms with Gasteiger partial charge in [0.1, 0.15) is 6.04 Å². The number of nitrogens with one attached hydrogen (secondary N) is 2. The fourth-order valence-electron chi connectivity index (χ4n) is 3.32. The highest BCUT2D eigenvalue weighted by atomic mass is 35.5. The Morgan fingerprint density at radius 3 is 2.50 bits per heavy atom. The van der Waals surface area contributed by atoms with Gasteiger partial charge in [0, 0.05) is 26.2 Å². The van der Waals surface area contributed by atoms with Gasteiger partial charge in [-0.3, -0.25) is 9.59 Å². The largest absolute Gasteiger partial charge is 0.340 e. The number of carbonyl (C=O) groups excluding carboxylic acids is 2. The summed E-state index contributed by atoms with van der Waals surface area (Å²) in [6.07, 6.45) is 0. The van der Waals surface area contributed by atoms with Gasteiger partial charge in [-0.25, -0.2) is 0 Å². The quantitative estimate of drug-likeness (QED) is 0.829. The van der Waals surface area contributed by atoms with Crippen molar-refractivity contribution in [2.75, 3.05) is 26.2 Å². The molecule has 0 bridgehead atoms. The molecule has 2 N–H and O–H groups in total. The van der Waals surface area contributed by atoms with Crippen LogP contribution >= 0.6 is 35.6 Å². The summed E-state index contributed by atoms with van der Waals surface area (Å²) in [5.74, 6) is 0.624. The van der Waals surface area contributed by atoms with Crippen LogP contribution in [0, 0.1) is 11.8 Å². The summed E-state index contributed by atoms with van der Waals surface area (Å²) in [6.45, 7) is 5.15. The normalized spacial score (nSPS) is 23.4. The van der Waals surface area contributed by atoms with Gasteiger partial charge in [0.15, 0.2) is 0 Å². The maximum absolute atomic E-state index is 12.5. The summed E-state index contributed by atoms with van der Waals surface area (Å²) >= 11 is 12.0. The van der Waals surface area contributed by atoms with Gasteiger partial charge in [0.2, 0.25) is 5.91 Å². The Balaban J connectivity index is 0.00000208. The molecular formula is C16H20Cl3N3O2. The number of hydrogen-bond donors (Lipinski definition) is 2. The average molecular weight is 393 g/mol. The second kappa shape index (κ2) is 7.91. The fourth-order valence-corrected chi connectivity index (χ4v) is 3.71. The molecule has 0 aromatic heterocycles. The van der Waals surface area contributed by atoms with Crippen LogP contribution in [0.2, 0.25) is 10.0 Å².